The molecule has 2 aromatic carbocycles. The Morgan fingerprint density at radius 2 is 1.61 bits per heavy atom. The third-order valence-electron chi connectivity index (χ3n) is 4.05. The second kappa shape index (κ2) is 8.75. The molecule has 0 atom stereocenters. The van der Waals surface area contributed by atoms with Crippen LogP contribution in [0, 0.1) is 6.92 Å². The van der Waals surface area contributed by atoms with Crippen LogP contribution in [0.4, 0.5) is 5.69 Å². The number of anilines is 1. The predicted molar refractivity (Wildman–Crippen MR) is 102 cm³/mol. The molecule has 2 aromatic rings. The van der Waals surface area contributed by atoms with Crippen LogP contribution in [0.25, 0.3) is 0 Å². The van der Waals surface area contributed by atoms with Gasteiger partial charge in [-0.1, -0.05) is 6.07 Å². The van der Waals surface area contributed by atoms with Crippen molar-refractivity contribution in [1.29, 1.82) is 0 Å². The largest absolute Gasteiger partial charge is 0.497 e. The van der Waals surface area contributed by atoms with Crippen LogP contribution in [-0.4, -0.2) is 48.2 Å². The lowest BCUT2D eigenvalue weighted by Crippen LogP contribution is -2.37. The van der Waals surface area contributed by atoms with Gasteiger partial charge in [0.15, 0.2) is 0 Å². The Kier molecular flexibility index (Phi) is 6.63. The highest BCUT2D eigenvalue weighted by Crippen LogP contribution is 2.29. The van der Waals surface area contributed by atoms with E-state index in [1.807, 2.05) is 0 Å². The van der Waals surface area contributed by atoms with Crippen molar-refractivity contribution in [3.63, 3.8) is 0 Å². The van der Waals surface area contributed by atoms with E-state index in [1.165, 1.54) is 50.6 Å². The Morgan fingerprint density at radius 1 is 0.964 bits per heavy atom. The summed E-state index contributed by atoms with van der Waals surface area (Å²) in [5, 5.41) is 0. The molecule has 150 valence electrons. The summed E-state index contributed by atoms with van der Waals surface area (Å²) in [5.74, 6) is -0.886. The molecule has 0 radical (unpaired) electrons. The lowest BCUT2D eigenvalue weighted by Gasteiger charge is -2.25. The van der Waals surface area contributed by atoms with Crippen LogP contribution in [0.1, 0.15) is 15.9 Å². The molecule has 0 bridgehead atoms. The number of rotatable bonds is 7. The molecule has 0 fully saturated rings. The summed E-state index contributed by atoms with van der Waals surface area (Å²) in [5.41, 5.74) is 0.876. The molecule has 0 heterocycles. The van der Waals surface area contributed by atoms with E-state index in [0.717, 1.165) is 11.4 Å². The van der Waals surface area contributed by atoms with E-state index in [4.69, 9.17) is 9.47 Å². The van der Waals surface area contributed by atoms with Crippen LogP contribution in [-0.2, 0) is 24.3 Å². The van der Waals surface area contributed by atoms with Gasteiger partial charge in [0.05, 0.1) is 37.5 Å². The fourth-order valence-electron chi connectivity index (χ4n) is 2.48. The minimum Gasteiger partial charge on any atom is -0.497 e. The summed E-state index contributed by atoms with van der Waals surface area (Å²) < 4.78 is 41.8. The number of nitrogens with zero attached hydrogens (tertiary/aromatic N) is 1. The van der Waals surface area contributed by atoms with Crippen LogP contribution in [0.5, 0.6) is 5.75 Å². The number of sulfonamides is 1. The van der Waals surface area contributed by atoms with Gasteiger partial charge in [0.2, 0.25) is 0 Å². The van der Waals surface area contributed by atoms with E-state index in [2.05, 4.69) is 4.74 Å². The first-order valence-electron chi connectivity index (χ1n) is 8.17. The van der Waals surface area contributed by atoms with Crippen molar-refractivity contribution < 1.29 is 32.2 Å². The third-order valence-corrected chi connectivity index (χ3v) is 5.82. The van der Waals surface area contributed by atoms with Crippen molar-refractivity contribution >= 4 is 27.6 Å². The van der Waals surface area contributed by atoms with Crippen molar-refractivity contribution in [2.45, 2.75) is 11.8 Å². The molecular formula is C19H21NO7S. The fraction of sp³-hybridized carbons (Fsp3) is 0.263. The van der Waals surface area contributed by atoms with Crippen LogP contribution < -0.4 is 9.04 Å². The normalized spacial score (nSPS) is 10.9. The zero-order valence-electron chi connectivity index (χ0n) is 16.0. The third kappa shape index (κ3) is 4.42. The molecule has 0 aliphatic rings. The molecular weight excluding hydrogens is 386 g/mol. The smallest absolute Gasteiger partial charge is 0.337 e. The minimum absolute atomic E-state index is 0.0416. The number of methoxy groups -OCH3 is 3. The van der Waals surface area contributed by atoms with Gasteiger partial charge in [-0.15, -0.1) is 0 Å². The SMILES string of the molecule is COC(=O)CN(c1cc(C(=O)OC)ccc1C)S(=O)(=O)c1ccc(OC)cc1. The molecule has 2 rings (SSSR count). The van der Waals surface area contributed by atoms with E-state index >= 15 is 0 Å². The molecule has 8 nitrogen and oxygen atoms in total. The van der Waals surface area contributed by atoms with E-state index in [9.17, 15) is 18.0 Å². The second-order valence-corrected chi connectivity index (χ2v) is 7.62. The first-order valence-corrected chi connectivity index (χ1v) is 9.61. The van der Waals surface area contributed by atoms with Crippen LogP contribution in [0.3, 0.4) is 0 Å². The summed E-state index contributed by atoms with van der Waals surface area (Å²) in [6, 6.07) is 10.2. The summed E-state index contributed by atoms with van der Waals surface area (Å²) in [7, 11) is -0.275. The zero-order chi connectivity index (χ0) is 20.9. The van der Waals surface area contributed by atoms with Gasteiger partial charge >= 0.3 is 11.9 Å². The average molecular weight is 407 g/mol. The number of benzene rings is 2. The van der Waals surface area contributed by atoms with Crippen LogP contribution >= 0.6 is 0 Å². The van der Waals surface area contributed by atoms with Gasteiger partial charge in [0.1, 0.15) is 12.3 Å². The molecule has 0 saturated carbocycles. The highest BCUT2D eigenvalue weighted by atomic mass is 32.2. The Morgan fingerprint density at radius 3 is 2.14 bits per heavy atom. The summed E-state index contributed by atoms with van der Waals surface area (Å²) in [6.45, 7) is 1.11. The molecule has 0 aliphatic carbocycles. The van der Waals surface area contributed by atoms with E-state index in [-0.39, 0.29) is 16.1 Å². The van der Waals surface area contributed by atoms with Gasteiger partial charge in [0.25, 0.3) is 10.0 Å². The van der Waals surface area contributed by atoms with E-state index < -0.39 is 28.5 Å². The zero-order valence-corrected chi connectivity index (χ0v) is 16.8. The molecule has 9 heteroatoms. The number of ether oxygens (including phenoxy) is 3. The molecule has 0 spiro atoms. The summed E-state index contributed by atoms with van der Waals surface area (Å²) in [6.07, 6.45) is 0. The molecule has 0 aliphatic heterocycles. The number of aryl methyl sites for hydroxylation is 1. The quantitative estimate of drug-likeness (QED) is 0.649. The van der Waals surface area contributed by atoms with Crippen molar-refractivity contribution in [2.24, 2.45) is 0 Å². The van der Waals surface area contributed by atoms with Gasteiger partial charge in [-0.2, -0.15) is 0 Å². The van der Waals surface area contributed by atoms with Crippen molar-refractivity contribution in [1.82, 2.24) is 0 Å². The summed E-state index contributed by atoms with van der Waals surface area (Å²) >= 11 is 0. The number of carbonyl (C=O) groups excluding carboxylic acids is 2. The molecule has 0 saturated heterocycles. The Hall–Kier alpha value is -3.07. The van der Waals surface area contributed by atoms with E-state index in [1.54, 1.807) is 13.0 Å². The van der Waals surface area contributed by atoms with Crippen molar-refractivity contribution in [3.8, 4) is 5.75 Å². The van der Waals surface area contributed by atoms with Crippen LogP contribution in [0.15, 0.2) is 47.4 Å². The van der Waals surface area contributed by atoms with Gasteiger partial charge in [-0.3, -0.25) is 9.10 Å². The highest BCUT2D eigenvalue weighted by molar-refractivity contribution is 7.92. The summed E-state index contributed by atoms with van der Waals surface area (Å²) in [4.78, 5) is 23.8. The number of carbonyl (C=O) groups is 2. The molecule has 28 heavy (non-hydrogen) atoms. The maximum atomic E-state index is 13.2. The average Bonchev–Trinajstić information content (AvgIpc) is 2.71. The van der Waals surface area contributed by atoms with Gasteiger partial charge in [-0.25, -0.2) is 13.2 Å². The Balaban J connectivity index is 2.61. The second-order valence-electron chi connectivity index (χ2n) is 5.76. The molecule has 0 aromatic heterocycles. The Bertz CT molecular complexity index is 968. The molecule has 0 unspecified atom stereocenters. The first-order chi connectivity index (χ1) is 13.2. The van der Waals surface area contributed by atoms with Gasteiger partial charge in [-0.05, 0) is 48.9 Å². The lowest BCUT2D eigenvalue weighted by atomic mass is 10.1. The number of esters is 2. The minimum atomic E-state index is -4.13. The lowest BCUT2D eigenvalue weighted by molar-refractivity contribution is -0.138. The maximum absolute atomic E-state index is 13.2. The molecule has 0 N–H and O–H groups in total. The van der Waals surface area contributed by atoms with Gasteiger partial charge in [0, 0.05) is 0 Å². The number of hydrogen-bond acceptors (Lipinski definition) is 7. The first kappa shape index (κ1) is 21.2. The number of hydrogen-bond donors (Lipinski definition) is 0. The maximum Gasteiger partial charge on any atom is 0.337 e. The molecule has 0 amide bonds. The Labute approximate surface area is 163 Å². The topological polar surface area (TPSA) is 99.2 Å². The predicted octanol–water partition coefficient (Wildman–Crippen LogP) is 2.16. The van der Waals surface area contributed by atoms with E-state index in [0.29, 0.717) is 11.3 Å². The fourth-order valence-corrected chi connectivity index (χ4v) is 3.94. The standard InChI is InChI=1S/C19H21NO7S/c1-13-5-6-14(19(22)27-4)11-17(13)20(12-18(21)26-3)28(23,24)16-9-7-15(25-2)8-10-16/h5-11H,12H2,1-4H3. The monoisotopic (exact) mass is 407 g/mol. The van der Waals surface area contributed by atoms with Gasteiger partial charge < -0.3 is 14.2 Å². The van der Waals surface area contributed by atoms with Crippen molar-refractivity contribution in [3.05, 3.63) is 53.6 Å². The van der Waals surface area contributed by atoms with Crippen molar-refractivity contribution in [2.75, 3.05) is 32.2 Å². The highest BCUT2D eigenvalue weighted by Gasteiger charge is 2.29. The van der Waals surface area contributed by atoms with Crippen LogP contribution in [0.2, 0.25) is 0 Å².